The second-order valence-electron chi connectivity index (χ2n) is 4.78. The first-order chi connectivity index (χ1) is 9.11. The summed E-state index contributed by atoms with van der Waals surface area (Å²) in [6.45, 7) is 0. The van der Waals surface area contributed by atoms with Crippen molar-refractivity contribution in [2.24, 2.45) is 0 Å². The Bertz CT molecular complexity index is 471. The number of rotatable bonds is 3. The van der Waals surface area contributed by atoms with Crippen molar-refractivity contribution in [1.82, 2.24) is 5.32 Å². The number of ether oxygens (including phenoxy) is 1. The van der Waals surface area contributed by atoms with Crippen molar-refractivity contribution in [2.75, 3.05) is 7.11 Å². The highest BCUT2D eigenvalue weighted by molar-refractivity contribution is 9.11. The van der Waals surface area contributed by atoms with Crippen LogP contribution in [-0.2, 0) is 0 Å². The summed E-state index contributed by atoms with van der Waals surface area (Å²) in [6.07, 6.45) is 5.82. The first kappa shape index (κ1) is 14.9. The summed E-state index contributed by atoms with van der Waals surface area (Å²) in [6, 6.07) is 3.96. The molecule has 0 aromatic heterocycles. The van der Waals surface area contributed by atoms with Crippen LogP contribution in [0.4, 0.5) is 0 Å². The molecule has 2 rings (SSSR count). The van der Waals surface area contributed by atoms with Crippen LogP contribution in [0.15, 0.2) is 21.1 Å². The summed E-state index contributed by atoms with van der Waals surface area (Å²) >= 11 is 6.82. The van der Waals surface area contributed by atoms with Crippen LogP contribution in [0.2, 0.25) is 0 Å². The van der Waals surface area contributed by atoms with Gasteiger partial charge in [-0.1, -0.05) is 35.2 Å². The summed E-state index contributed by atoms with van der Waals surface area (Å²) < 4.78 is 6.94. The highest BCUT2D eigenvalue weighted by atomic mass is 79.9. The zero-order valence-electron chi connectivity index (χ0n) is 10.8. The molecule has 0 heterocycles. The van der Waals surface area contributed by atoms with Crippen LogP contribution in [-0.4, -0.2) is 19.1 Å². The van der Waals surface area contributed by atoms with Crippen LogP contribution in [0, 0.1) is 0 Å². The van der Waals surface area contributed by atoms with E-state index in [-0.39, 0.29) is 5.91 Å². The summed E-state index contributed by atoms with van der Waals surface area (Å²) in [5, 5.41) is 3.10. The van der Waals surface area contributed by atoms with Gasteiger partial charge in [0, 0.05) is 10.5 Å². The predicted molar refractivity (Wildman–Crippen MR) is 82.7 cm³/mol. The SMILES string of the molecule is COc1c(Br)cc(Br)cc1C(=O)NC1CCCCC1. The van der Waals surface area contributed by atoms with Crippen molar-refractivity contribution in [1.29, 1.82) is 0 Å². The summed E-state index contributed by atoms with van der Waals surface area (Å²) in [4.78, 5) is 12.4. The monoisotopic (exact) mass is 389 g/mol. The van der Waals surface area contributed by atoms with Gasteiger partial charge >= 0.3 is 0 Å². The van der Waals surface area contributed by atoms with E-state index >= 15 is 0 Å². The maximum atomic E-state index is 12.4. The molecule has 0 radical (unpaired) electrons. The van der Waals surface area contributed by atoms with Crippen LogP contribution in [0.3, 0.4) is 0 Å². The molecule has 0 atom stereocenters. The molecule has 0 bridgehead atoms. The van der Waals surface area contributed by atoms with Gasteiger partial charge in [-0.3, -0.25) is 4.79 Å². The highest BCUT2D eigenvalue weighted by Gasteiger charge is 2.20. The summed E-state index contributed by atoms with van der Waals surface area (Å²) in [5.74, 6) is 0.516. The van der Waals surface area contributed by atoms with Crippen LogP contribution >= 0.6 is 31.9 Å². The van der Waals surface area contributed by atoms with Crippen molar-refractivity contribution in [3.63, 3.8) is 0 Å². The van der Waals surface area contributed by atoms with Gasteiger partial charge in [0.05, 0.1) is 17.1 Å². The molecule has 1 aliphatic carbocycles. The van der Waals surface area contributed by atoms with Gasteiger partial charge in [-0.05, 0) is 40.9 Å². The molecule has 0 spiro atoms. The molecule has 0 saturated heterocycles. The van der Waals surface area contributed by atoms with Gasteiger partial charge in [0.2, 0.25) is 0 Å². The lowest BCUT2D eigenvalue weighted by Crippen LogP contribution is -2.36. The summed E-state index contributed by atoms with van der Waals surface area (Å²) in [7, 11) is 1.57. The number of carbonyl (C=O) groups is 1. The largest absolute Gasteiger partial charge is 0.495 e. The van der Waals surface area contributed by atoms with Crippen molar-refractivity contribution < 1.29 is 9.53 Å². The topological polar surface area (TPSA) is 38.3 Å². The third-order valence-electron chi connectivity index (χ3n) is 3.40. The predicted octanol–water partition coefficient (Wildman–Crippen LogP) is 4.28. The minimum Gasteiger partial charge on any atom is -0.495 e. The Kier molecular flexibility index (Phi) is 5.28. The normalized spacial score (nSPS) is 16.2. The van der Waals surface area contributed by atoms with Gasteiger partial charge < -0.3 is 10.1 Å². The second kappa shape index (κ2) is 6.75. The van der Waals surface area contributed by atoms with Crippen LogP contribution in [0.1, 0.15) is 42.5 Å². The maximum absolute atomic E-state index is 12.4. The molecule has 0 unspecified atom stereocenters. The third-order valence-corrected chi connectivity index (χ3v) is 4.44. The smallest absolute Gasteiger partial charge is 0.255 e. The molecule has 1 saturated carbocycles. The third kappa shape index (κ3) is 3.72. The fourth-order valence-electron chi connectivity index (χ4n) is 2.45. The lowest BCUT2D eigenvalue weighted by Gasteiger charge is -2.23. The zero-order chi connectivity index (χ0) is 13.8. The fraction of sp³-hybridized carbons (Fsp3) is 0.500. The van der Waals surface area contributed by atoms with Gasteiger partial charge in [-0.15, -0.1) is 0 Å². The molecule has 1 aromatic carbocycles. The Morgan fingerprint density at radius 1 is 1.26 bits per heavy atom. The number of benzene rings is 1. The van der Waals surface area contributed by atoms with E-state index in [4.69, 9.17) is 4.74 Å². The number of hydrogen-bond acceptors (Lipinski definition) is 2. The van der Waals surface area contributed by atoms with Crippen molar-refractivity contribution in [2.45, 2.75) is 38.1 Å². The molecule has 104 valence electrons. The van der Waals surface area contributed by atoms with Crippen LogP contribution < -0.4 is 10.1 Å². The second-order valence-corrected chi connectivity index (χ2v) is 6.55. The lowest BCUT2D eigenvalue weighted by molar-refractivity contribution is 0.0924. The fourth-order valence-corrected chi connectivity index (χ4v) is 3.83. The molecule has 0 aliphatic heterocycles. The standard InChI is InChI=1S/C14H17Br2NO2/c1-19-13-11(7-9(15)8-12(13)16)14(18)17-10-5-3-2-4-6-10/h7-8,10H,2-6H2,1H3,(H,17,18). The summed E-state index contributed by atoms with van der Waals surface area (Å²) in [5.41, 5.74) is 0.564. The maximum Gasteiger partial charge on any atom is 0.255 e. The van der Waals surface area contributed by atoms with Crippen molar-refractivity contribution in [3.05, 3.63) is 26.6 Å². The highest BCUT2D eigenvalue weighted by Crippen LogP contribution is 2.33. The molecule has 1 fully saturated rings. The minimum atomic E-state index is -0.0641. The Balaban J connectivity index is 2.17. The van der Waals surface area contributed by atoms with E-state index in [2.05, 4.69) is 37.2 Å². The van der Waals surface area contributed by atoms with E-state index in [0.717, 1.165) is 21.8 Å². The average molecular weight is 391 g/mol. The molecule has 19 heavy (non-hydrogen) atoms. The lowest BCUT2D eigenvalue weighted by atomic mass is 9.95. The molecular formula is C14H17Br2NO2. The minimum absolute atomic E-state index is 0.0641. The van der Waals surface area contributed by atoms with E-state index in [1.54, 1.807) is 13.2 Å². The molecule has 1 aliphatic rings. The molecule has 1 N–H and O–H groups in total. The number of halogens is 2. The Hall–Kier alpha value is -0.550. The van der Waals surface area contributed by atoms with Gasteiger partial charge in [-0.2, -0.15) is 0 Å². The zero-order valence-corrected chi connectivity index (χ0v) is 14.0. The number of hydrogen-bond donors (Lipinski definition) is 1. The number of amides is 1. The molecule has 5 heteroatoms. The van der Waals surface area contributed by atoms with E-state index in [1.165, 1.54) is 19.3 Å². The molecule has 1 aromatic rings. The van der Waals surface area contributed by atoms with Crippen molar-refractivity contribution in [3.8, 4) is 5.75 Å². The van der Waals surface area contributed by atoms with Crippen LogP contribution in [0.25, 0.3) is 0 Å². The van der Waals surface area contributed by atoms with Crippen LogP contribution in [0.5, 0.6) is 5.75 Å². The molecule has 1 amide bonds. The first-order valence-electron chi connectivity index (χ1n) is 6.45. The Morgan fingerprint density at radius 2 is 1.95 bits per heavy atom. The van der Waals surface area contributed by atoms with E-state index < -0.39 is 0 Å². The van der Waals surface area contributed by atoms with E-state index in [0.29, 0.717) is 17.4 Å². The quantitative estimate of drug-likeness (QED) is 0.836. The number of methoxy groups -OCH3 is 1. The Labute approximate surface area is 130 Å². The van der Waals surface area contributed by atoms with Gasteiger partial charge in [-0.25, -0.2) is 0 Å². The molecule has 3 nitrogen and oxygen atoms in total. The molecular weight excluding hydrogens is 374 g/mol. The number of nitrogens with one attached hydrogen (secondary N) is 1. The Morgan fingerprint density at radius 3 is 2.58 bits per heavy atom. The van der Waals surface area contributed by atoms with E-state index in [1.807, 2.05) is 6.07 Å². The number of carbonyl (C=O) groups excluding carboxylic acids is 1. The van der Waals surface area contributed by atoms with E-state index in [9.17, 15) is 4.79 Å². The first-order valence-corrected chi connectivity index (χ1v) is 8.04. The van der Waals surface area contributed by atoms with Gasteiger partial charge in [0.25, 0.3) is 5.91 Å². The van der Waals surface area contributed by atoms with Gasteiger partial charge in [0.15, 0.2) is 0 Å². The van der Waals surface area contributed by atoms with Crippen molar-refractivity contribution >= 4 is 37.8 Å². The average Bonchev–Trinajstić information content (AvgIpc) is 2.39. The van der Waals surface area contributed by atoms with Gasteiger partial charge in [0.1, 0.15) is 5.75 Å².